The highest BCUT2D eigenvalue weighted by atomic mass is 15.3. The van der Waals surface area contributed by atoms with Crippen molar-refractivity contribution in [1.29, 1.82) is 0 Å². The number of nitrogens with zero attached hydrogens (tertiary/aromatic N) is 3. The number of rotatable bonds is 2. The average molecular weight is 205 g/mol. The van der Waals surface area contributed by atoms with Gasteiger partial charge in [0.2, 0.25) is 0 Å². The number of aryl methyl sites for hydroxylation is 1. The zero-order valence-corrected chi connectivity index (χ0v) is 9.61. The smallest absolute Gasteiger partial charge is 0.0553 e. The van der Waals surface area contributed by atoms with E-state index in [0.717, 1.165) is 18.8 Å². The standard InChI is InChI=1S/C12H19N3/c1-3-14-6-8-15(9-7-14)12-5-4-11(2)13-10-12/h4-5,10H,3,6-9H2,1-2H3. The Kier molecular flexibility index (Phi) is 3.21. The largest absolute Gasteiger partial charge is 0.368 e. The summed E-state index contributed by atoms with van der Waals surface area (Å²) in [6.45, 7) is 10.0. The first kappa shape index (κ1) is 10.4. The van der Waals surface area contributed by atoms with E-state index in [9.17, 15) is 0 Å². The third-order valence-corrected chi connectivity index (χ3v) is 3.08. The second kappa shape index (κ2) is 4.62. The van der Waals surface area contributed by atoms with E-state index in [-0.39, 0.29) is 0 Å². The number of aromatic nitrogens is 1. The minimum atomic E-state index is 1.09. The monoisotopic (exact) mass is 205 g/mol. The molecule has 0 aliphatic carbocycles. The number of hydrogen-bond donors (Lipinski definition) is 0. The molecule has 82 valence electrons. The summed E-state index contributed by atoms with van der Waals surface area (Å²) >= 11 is 0. The van der Waals surface area contributed by atoms with Gasteiger partial charge in [-0.1, -0.05) is 6.92 Å². The maximum atomic E-state index is 4.34. The molecule has 1 fully saturated rings. The van der Waals surface area contributed by atoms with Gasteiger partial charge in [-0.15, -0.1) is 0 Å². The Balaban J connectivity index is 1.98. The molecule has 0 unspecified atom stereocenters. The molecule has 0 N–H and O–H groups in total. The number of pyridine rings is 1. The van der Waals surface area contributed by atoms with Gasteiger partial charge in [-0.2, -0.15) is 0 Å². The lowest BCUT2D eigenvalue weighted by atomic mass is 10.2. The Hall–Kier alpha value is -1.09. The summed E-state index contributed by atoms with van der Waals surface area (Å²) < 4.78 is 0. The van der Waals surface area contributed by atoms with Crippen molar-refractivity contribution in [1.82, 2.24) is 9.88 Å². The van der Waals surface area contributed by atoms with Crippen LogP contribution in [0.2, 0.25) is 0 Å². The molecule has 2 rings (SSSR count). The van der Waals surface area contributed by atoms with Gasteiger partial charge in [0.15, 0.2) is 0 Å². The highest BCUT2D eigenvalue weighted by Crippen LogP contribution is 2.15. The van der Waals surface area contributed by atoms with Gasteiger partial charge in [0.05, 0.1) is 11.9 Å². The van der Waals surface area contributed by atoms with Crippen molar-refractivity contribution in [2.45, 2.75) is 13.8 Å². The van der Waals surface area contributed by atoms with E-state index >= 15 is 0 Å². The second-order valence-corrected chi connectivity index (χ2v) is 4.08. The minimum Gasteiger partial charge on any atom is -0.368 e. The SMILES string of the molecule is CCN1CCN(c2ccc(C)nc2)CC1. The highest BCUT2D eigenvalue weighted by Gasteiger charge is 2.15. The lowest BCUT2D eigenvalue weighted by molar-refractivity contribution is 0.271. The summed E-state index contributed by atoms with van der Waals surface area (Å²) in [7, 11) is 0. The summed E-state index contributed by atoms with van der Waals surface area (Å²) in [5, 5.41) is 0. The van der Waals surface area contributed by atoms with Crippen LogP contribution >= 0.6 is 0 Å². The molecule has 0 aromatic carbocycles. The normalized spacial score (nSPS) is 18.1. The topological polar surface area (TPSA) is 19.4 Å². The van der Waals surface area contributed by atoms with Crippen molar-refractivity contribution in [3.8, 4) is 0 Å². The summed E-state index contributed by atoms with van der Waals surface area (Å²) in [5.41, 5.74) is 2.35. The van der Waals surface area contributed by atoms with Gasteiger partial charge in [-0.25, -0.2) is 0 Å². The minimum absolute atomic E-state index is 1.09. The number of hydrogen-bond acceptors (Lipinski definition) is 3. The molecule has 0 amide bonds. The zero-order chi connectivity index (χ0) is 10.7. The van der Waals surface area contributed by atoms with Crippen molar-refractivity contribution in [2.75, 3.05) is 37.6 Å². The summed E-state index contributed by atoms with van der Waals surface area (Å²) in [6, 6.07) is 4.26. The van der Waals surface area contributed by atoms with E-state index in [1.54, 1.807) is 0 Å². The van der Waals surface area contributed by atoms with Gasteiger partial charge in [0.25, 0.3) is 0 Å². The molecule has 0 spiro atoms. The van der Waals surface area contributed by atoms with Gasteiger partial charge >= 0.3 is 0 Å². The molecule has 15 heavy (non-hydrogen) atoms. The van der Waals surface area contributed by atoms with Crippen molar-refractivity contribution in [3.63, 3.8) is 0 Å². The Labute approximate surface area is 91.7 Å². The van der Waals surface area contributed by atoms with Crippen LogP contribution in [0.5, 0.6) is 0 Å². The average Bonchev–Trinajstić information content (AvgIpc) is 2.30. The first-order chi connectivity index (χ1) is 7.29. The fourth-order valence-electron chi connectivity index (χ4n) is 1.97. The highest BCUT2D eigenvalue weighted by molar-refractivity contribution is 5.44. The van der Waals surface area contributed by atoms with Crippen LogP contribution in [-0.4, -0.2) is 42.6 Å². The van der Waals surface area contributed by atoms with E-state index in [1.807, 2.05) is 13.1 Å². The molecular formula is C12H19N3. The molecule has 1 aromatic heterocycles. The quantitative estimate of drug-likeness (QED) is 0.730. The van der Waals surface area contributed by atoms with Crippen LogP contribution in [0.3, 0.4) is 0 Å². The number of likely N-dealkylation sites (N-methyl/N-ethyl adjacent to an activating group) is 1. The van der Waals surface area contributed by atoms with Crippen LogP contribution < -0.4 is 4.90 Å². The molecule has 3 heteroatoms. The molecule has 2 heterocycles. The van der Waals surface area contributed by atoms with E-state index in [1.165, 1.54) is 25.3 Å². The van der Waals surface area contributed by atoms with Gasteiger partial charge in [-0.05, 0) is 25.6 Å². The van der Waals surface area contributed by atoms with E-state index in [4.69, 9.17) is 0 Å². The van der Waals surface area contributed by atoms with Crippen LogP contribution in [-0.2, 0) is 0 Å². The van der Waals surface area contributed by atoms with Gasteiger partial charge in [-0.3, -0.25) is 4.98 Å². The maximum Gasteiger partial charge on any atom is 0.0553 e. The van der Waals surface area contributed by atoms with Crippen LogP contribution in [0.1, 0.15) is 12.6 Å². The van der Waals surface area contributed by atoms with Crippen LogP contribution in [0, 0.1) is 6.92 Å². The lowest BCUT2D eigenvalue weighted by Gasteiger charge is -2.35. The Morgan fingerprint density at radius 3 is 2.47 bits per heavy atom. The predicted molar refractivity (Wildman–Crippen MR) is 63.3 cm³/mol. The summed E-state index contributed by atoms with van der Waals surface area (Å²) in [4.78, 5) is 9.24. The van der Waals surface area contributed by atoms with Crippen LogP contribution in [0.4, 0.5) is 5.69 Å². The Morgan fingerprint density at radius 2 is 1.93 bits per heavy atom. The Morgan fingerprint density at radius 1 is 1.20 bits per heavy atom. The Bertz CT molecular complexity index is 299. The lowest BCUT2D eigenvalue weighted by Crippen LogP contribution is -2.46. The predicted octanol–water partition coefficient (Wildman–Crippen LogP) is 1.53. The summed E-state index contributed by atoms with van der Waals surface area (Å²) in [6.07, 6.45) is 1.98. The fourth-order valence-corrected chi connectivity index (χ4v) is 1.97. The molecule has 1 aromatic rings. The zero-order valence-electron chi connectivity index (χ0n) is 9.61. The van der Waals surface area contributed by atoms with Gasteiger partial charge in [0.1, 0.15) is 0 Å². The van der Waals surface area contributed by atoms with E-state index < -0.39 is 0 Å². The number of piperazine rings is 1. The third kappa shape index (κ3) is 2.48. The third-order valence-electron chi connectivity index (χ3n) is 3.08. The van der Waals surface area contributed by atoms with E-state index in [2.05, 4.69) is 33.8 Å². The molecule has 0 saturated carbocycles. The van der Waals surface area contributed by atoms with E-state index in [0.29, 0.717) is 0 Å². The molecule has 1 aliphatic rings. The van der Waals surface area contributed by atoms with Crippen molar-refractivity contribution in [3.05, 3.63) is 24.0 Å². The number of anilines is 1. The molecule has 3 nitrogen and oxygen atoms in total. The van der Waals surface area contributed by atoms with Gasteiger partial charge in [0, 0.05) is 31.9 Å². The van der Waals surface area contributed by atoms with Crippen LogP contribution in [0.25, 0.3) is 0 Å². The first-order valence-corrected chi connectivity index (χ1v) is 5.69. The molecule has 1 aliphatic heterocycles. The molecule has 0 radical (unpaired) electrons. The van der Waals surface area contributed by atoms with Crippen molar-refractivity contribution in [2.24, 2.45) is 0 Å². The van der Waals surface area contributed by atoms with Crippen molar-refractivity contribution >= 4 is 5.69 Å². The van der Waals surface area contributed by atoms with Crippen molar-refractivity contribution < 1.29 is 0 Å². The molecule has 1 saturated heterocycles. The molecule has 0 atom stereocenters. The fraction of sp³-hybridized carbons (Fsp3) is 0.583. The second-order valence-electron chi connectivity index (χ2n) is 4.08. The first-order valence-electron chi connectivity index (χ1n) is 5.69. The summed E-state index contributed by atoms with van der Waals surface area (Å²) in [5.74, 6) is 0. The molecule has 0 bridgehead atoms. The maximum absolute atomic E-state index is 4.34. The molecular weight excluding hydrogens is 186 g/mol. The van der Waals surface area contributed by atoms with Gasteiger partial charge < -0.3 is 9.80 Å². The van der Waals surface area contributed by atoms with Crippen LogP contribution in [0.15, 0.2) is 18.3 Å².